The minimum absolute atomic E-state index is 0.0253. The highest BCUT2D eigenvalue weighted by Crippen LogP contribution is 2.35. The number of ether oxygens (including phenoxy) is 1. The van der Waals surface area contributed by atoms with Gasteiger partial charge in [0.05, 0.1) is 11.3 Å². The lowest BCUT2D eigenvalue weighted by atomic mass is 9.91. The van der Waals surface area contributed by atoms with E-state index in [0.29, 0.717) is 42.6 Å². The van der Waals surface area contributed by atoms with Gasteiger partial charge in [-0.15, -0.1) is 11.8 Å². The fraction of sp³-hybridized carbons (Fsp3) is 0.296. The standard InChI is InChI=1S/C27H29N5O3S/c1-35-16-25(33)32-14-20(15-32)17-5-7-21(8-6-17)31-24-11-23(22(13-30-24)27(28)34)29-12-19-4-2-3-18-9-10-36-26(18)19/h2-8,11,13,20H,9-10,12,14-16H2,1H3,(H2,28,34)(H2,29,30,31). The smallest absolute Gasteiger partial charge is 0.252 e. The monoisotopic (exact) mass is 503 g/mol. The lowest BCUT2D eigenvalue weighted by Crippen LogP contribution is -2.49. The minimum Gasteiger partial charge on any atom is -0.380 e. The van der Waals surface area contributed by atoms with E-state index in [1.165, 1.54) is 34.9 Å². The van der Waals surface area contributed by atoms with Crippen LogP contribution in [0.15, 0.2) is 59.6 Å². The van der Waals surface area contributed by atoms with E-state index in [-0.39, 0.29) is 12.5 Å². The second kappa shape index (κ2) is 10.6. The predicted molar refractivity (Wildman–Crippen MR) is 142 cm³/mol. The second-order valence-electron chi connectivity index (χ2n) is 9.01. The number of fused-ring (bicyclic) bond motifs is 1. The highest BCUT2D eigenvalue weighted by Gasteiger charge is 2.31. The number of hydrogen-bond donors (Lipinski definition) is 3. The maximum Gasteiger partial charge on any atom is 0.252 e. The molecule has 1 fully saturated rings. The molecular weight excluding hydrogens is 474 g/mol. The molecule has 4 N–H and O–H groups in total. The van der Waals surface area contributed by atoms with E-state index in [9.17, 15) is 9.59 Å². The molecule has 1 saturated heterocycles. The summed E-state index contributed by atoms with van der Waals surface area (Å²) in [5, 5.41) is 6.70. The van der Waals surface area contributed by atoms with Gasteiger partial charge in [0.15, 0.2) is 0 Å². The number of methoxy groups -OCH3 is 1. The molecule has 2 amide bonds. The van der Waals surface area contributed by atoms with Crippen molar-refractivity contribution in [3.05, 3.63) is 77.0 Å². The third kappa shape index (κ3) is 5.17. The summed E-state index contributed by atoms with van der Waals surface area (Å²) >= 11 is 1.88. The maximum absolute atomic E-state index is 12.0. The molecule has 0 atom stereocenters. The van der Waals surface area contributed by atoms with Crippen LogP contribution in [0, 0.1) is 0 Å². The Labute approximate surface area is 214 Å². The Bertz CT molecular complexity index is 1270. The number of thioether (sulfide) groups is 1. The third-order valence-electron chi connectivity index (χ3n) is 6.59. The van der Waals surface area contributed by atoms with Gasteiger partial charge in [-0.25, -0.2) is 4.98 Å². The van der Waals surface area contributed by atoms with E-state index in [0.717, 1.165) is 17.9 Å². The first kappa shape index (κ1) is 24.1. The largest absolute Gasteiger partial charge is 0.380 e. The number of rotatable bonds is 9. The fourth-order valence-corrected chi connectivity index (χ4v) is 5.78. The lowest BCUT2D eigenvalue weighted by Gasteiger charge is -2.39. The molecule has 0 saturated carbocycles. The van der Waals surface area contributed by atoms with Crippen LogP contribution in [0.2, 0.25) is 0 Å². The number of aryl methyl sites for hydroxylation is 1. The summed E-state index contributed by atoms with van der Waals surface area (Å²) in [6.45, 7) is 2.15. The number of pyridine rings is 1. The summed E-state index contributed by atoms with van der Waals surface area (Å²) in [7, 11) is 1.53. The summed E-state index contributed by atoms with van der Waals surface area (Å²) in [6.07, 6.45) is 2.60. The van der Waals surface area contributed by atoms with Gasteiger partial charge in [-0.05, 0) is 35.2 Å². The van der Waals surface area contributed by atoms with Crippen LogP contribution >= 0.6 is 11.8 Å². The zero-order chi connectivity index (χ0) is 25.1. The molecule has 0 aliphatic carbocycles. The maximum atomic E-state index is 12.0. The Kier molecular flexibility index (Phi) is 7.11. The topological polar surface area (TPSA) is 110 Å². The Hall–Kier alpha value is -3.56. The Morgan fingerprint density at radius 1 is 1.19 bits per heavy atom. The number of hydrogen-bond acceptors (Lipinski definition) is 7. The van der Waals surface area contributed by atoms with Crippen molar-refractivity contribution in [1.82, 2.24) is 9.88 Å². The van der Waals surface area contributed by atoms with E-state index in [4.69, 9.17) is 10.5 Å². The molecule has 186 valence electrons. The first-order valence-corrected chi connectivity index (χ1v) is 12.9. The Morgan fingerprint density at radius 2 is 2.00 bits per heavy atom. The first-order chi connectivity index (χ1) is 17.5. The number of nitrogens with two attached hydrogens (primary N) is 1. The van der Waals surface area contributed by atoms with Crippen molar-refractivity contribution in [3.63, 3.8) is 0 Å². The van der Waals surface area contributed by atoms with Gasteiger partial charge in [0.2, 0.25) is 5.91 Å². The van der Waals surface area contributed by atoms with Crippen molar-refractivity contribution in [3.8, 4) is 0 Å². The van der Waals surface area contributed by atoms with Crippen molar-refractivity contribution < 1.29 is 14.3 Å². The number of likely N-dealkylation sites (tertiary alicyclic amines) is 1. The minimum atomic E-state index is -0.521. The van der Waals surface area contributed by atoms with Gasteiger partial charge in [-0.2, -0.15) is 0 Å². The van der Waals surface area contributed by atoms with Crippen LogP contribution in [0.3, 0.4) is 0 Å². The highest BCUT2D eigenvalue weighted by atomic mass is 32.2. The molecule has 2 aliphatic rings. The van der Waals surface area contributed by atoms with Crippen LogP contribution in [0.25, 0.3) is 0 Å². The van der Waals surface area contributed by atoms with Gasteiger partial charge < -0.3 is 26.0 Å². The van der Waals surface area contributed by atoms with Crippen LogP contribution in [0.5, 0.6) is 0 Å². The summed E-state index contributed by atoms with van der Waals surface area (Å²) in [4.78, 5) is 31.4. The molecule has 5 rings (SSSR count). The van der Waals surface area contributed by atoms with Crippen LogP contribution in [0.1, 0.15) is 33.0 Å². The average molecular weight is 504 g/mol. The molecule has 0 radical (unpaired) electrons. The molecule has 9 heteroatoms. The second-order valence-corrected chi connectivity index (χ2v) is 10.1. The van der Waals surface area contributed by atoms with Crippen molar-refractivity contribution in [2.45, 2.75) is 23.8 Å². The van der Waals surface area contributed by atoms with Gasteiger partial charge in [-0.1, -0.05) is 30.3 Å². The van der Waals surface area contributed by atoms with E-state index >= 15 is 0 Å². The number of amides is 2. The number of nitrogens with zero attached hydrogens (tertiary/aromatic N) is 2. The molecule has 2 aliphatic heterocycles. The van der Waals surface area contributed by atoms with Crippen LogP contribution in [0.4, 0.5) is 17.2 Å². The van der Waals surface area contributed by atoms with Crippen LogP contribution in [-0.2, 0) is 22.5 Å². The molecule has 8 nitrogen and oxygen atoms in total. The first-order valence-electron chi connectivity index (χ1n) is 11.9. The SMILES string of the molecule is COCC(=O)N1CC(c2ccc(Nc3cc(NCc4cccc5c4SCC5)c(C(N)=O)cn3)cc2)C1. The van der Waals surface area contributed by atoms with Gasteiger partial charge in [0.1, 0.15) is 12.4 Å². The lowest BCUT2D eigenvalue weighted by molar-refractivity contribution is -0.139. The molecule has 36 heavy (non-hydrogen) atoms. The quantitative estimate of drug-likeness (QED) is 0.408. The molecule has 3 aromatic rings. The number of benzene rings is 2. The van der Waals surface area contributed by atoms with E-state index in [1.54, 1.807) is 0 Å². The van der Waals surface area contributed by atoms with Gasteiger partial charge in [0.25, 0.3) is 5.91 Å². The number of carbonyl (C=O) groups is 2. The van der Waals surface area contributed by atoms with Crippen molar-refractivity contribution in [1.29, 1.82) is 0 Å². The molecule has 1 aromatic heterocycles. The molecule has 0 spiro atoms. The zero-order valence-electron chi connectivity index (χ0n) is 20.1. The number of anilines is 3. The van der Waals surface area contributed by atoms with Crippen molar-refractivity contribution >= 4 is 40.8 Å². The molecule has 2 aromatic carbocycles. The third-order valence-corrected chi connectivity index (χ3v) is 7.81. The van der Waals surface area contributed by atoms with Crippen molar-refractivity contribution in [2.75, 3.05) is 43.2 Å². The van der Waals surface area contributed by atoms with Gasteiger partial charge in [-0.3, -0.25) is 9.59 Å². The van der Waals surface area contributed by atoms with Crippen LogP contribution in [-0.4, -0.2) is 54.3 Å². The average Bonchev–Trinajstić information content (AvgIpc) is 3.33. The van der Waals surface area contributed by atoms with E-state index in [1.807, 2.05) is 34.9 Å². The summed E-state index contributed by atoms with van der Waals surface area (Å²) in [6, 6.07) is 16.3. The summed E-state index contributed by atoms with van der Waals surface area (Å²) in [5.41, 5.74) is 11.3. The molecule has 3 heterocycles. The van der Waals surface area contributed by atoms with Gasteiger partial charge >= 0.3 is 0 Å². The highest BCUT2D eigenvalue weighted by molar-refractivity contribution is 7.99. The summed E-state index contributed by atoms with van der Waals surface area (Å²) < 4.78 is 4.92. The molecule has 0 unspecified atom stereocenters. The predicted octanol–water partition coefficient (Wildman–Crippen LogP) is 3.76. The zero-order valence-corrected chi connectivity index (χ0v) is 20.9. The number of primary amides is 1. The van der Waals surface area contributed by atoms with E-state index in [2.05, 4.69) is 45.9 Å². The van der Waals surface area contributed by atoms with Crippen molar-refractivity contribution in [2.24, 2.45) is 5.73 Å². The van der Waals surface area contributed by atoms with E-state index < -0.39 is 5.91 Å². The Morgan fingerprint density at radius 3 is 2.75 bits per heavy atom. The normalized spacial score (nSPS) is 14.8. The molecule has 0 bridgehead atoms. The number of carbonyl (C=O) groups excluding carboxylic acids is 2. The number of nitrogens with one attached hydrogen (secondary N) is 2. The molecular formula is C27H29N5O3S. The fourth-order valence-electron chi connectivity index (χ4n) is 4.57. The number of aromatic nitrogens is 1. The van der Waals surface area contributed by atoms with Crippen LogP contribution < -0.4 is 16.4 Å². The van der Waals surface area contributed by atoms with Gasteiger partial charge in [0, 0.05) is 61.3 Å². The summed E-state index contributed by atoms with van der Waals surface area (Å²) in [5.74, 6) is 1.56. The Balaban J connectivity index is 1.25.